The first kappa shape index (κ1) is 28.4. The Morgan fingerprint density at radius 1 is 0.352 bits per heavy atom. The van der Waals surface area contributed by atoms with Crippen molar-refractivity contribution in [2.45, 2.75) is 0 Å². The van der Waals surface area contributed by atoms with E-state index in [1.807, 2.05) is 6.07 Å². The molecule has 250 valence electrons. The predicted octanol–water partition coefficient (Wildman–Crippen LogP) is 10.4. The zero-order valence-electron chi connectivity index (χ0n) is 28.9. The molecule has 0 bridgehead atoms. The maximum Gasteiger partial charge on any atom is 0.247 e. The molecule has 0 amide bonds. The summed E-state index contributed by atoms with van der Waals surface area (Å²) in [6.45, 7) is -0.106. The number of fused-ring (bicyclic) bond motifs is 6. The van der Waals surface area contributed by atoms with Crippen LogP contribution in [0, 0.1) is 0 Å². The molecule has 13 rings (SSSR count). The summed E-state index contributed by atoms with van der Waals surface area (Å²) in [4.78, 5) is 2.41. The van der Waals surface area contributed by atoms with Crippen molar-refractivity contribution in [1.82, 2.24) is 9.13 Å². The van der Waals surface area contributed by atoms with Gasteiger partial charge in [0.15, 0.2) is 23.0 Å². The summed E-state index contributed by atoms with van der Waals surface area (Å²) < 4.78 is 18.7. The minimum atomic E-state index is -0.106. The van der Waals surface area contributed by atoms with Crippen molar-refractivity contribution >= 4 is 83.8 Å². The molecule has 0 unspecified atom stereocenters. The van der Waals surface area contributed by atoms with Gasteiger partial charge < -0.3 is 18.6 Å². The van der Waals surface area contributed by atoms with Crippen molar-refractivity contribution in [2.75, 3.05) is 4.90 Å². The summed E-state index contributed by atoms with van der Waals surface area (Å²) in [5.41, 5.74) is 13.5. The first-order chi connectivity index (χ1) is 26.8. The maximum absolute atomic E-state index is 6.94. The van der Waals surface area contributed by atoms with Crippen molar-refractivity contribution < 1.29 is 9.47 Å². The second-order valence-corrected chi connectivity index (χ2v) is 14.5. The molecule has 3 aliphatic rings. The van der Waals surface area contributed by atoms with E-state index in [9.17, 15) is 0 Å². The van der Waals surface area contributed by atoms with E-state index >= 15 is 0 Å². The van der Waals surface area contributed by atoms with Crippen molar-refractivity contribution in [1.29, 1.82) is 0 Å². The summed E-state index contributed by atoms with van der Waals surface area (Å²) >= 11 is 0. The van der Waals surface area contributed by atoms with Crippen LogP contribution in [-0.4, -0.2) is 15.8 Å². The van der Waals surface area contributed by atoms with Gasteiger partial charge in [-0.2, -0.15) is 0 Å². The monoisotopic (exact) mass is 689 g/mol. The molecule has 54 heavy (non-hydrogen) atoms. The normalized spacial score (nSPS) is 13.4. The van der Waals surface area contributed by atoms with Gasteiger partial charge in [0.05, 0.1) is 33.4 Å². The number of hydrogen-bond donors (Lipinski definition) is 0. The Kier molecular flexibility index (Phi) is 5.39. The summed E-state index contributed by atoms with van der Waals surface area (Å²) in [6.07, 6.45) is 0. The van der Waals surface area contributed by atoms with Gasteiger partial charge in [0.2, 0.25) is 6.71 Å². The third-order valence-corrected chi connectivity index (χ3v) is 11.7. The zero-order chi connectivity index (χ0) is 35.1. The van der Waals surface area contributed by atoms with E-state index in [2.05, 4.69) is 178 Å². The fraction of sp³-hybridized carbons (Fsp3) is 0. The van der Waals surface area contributed by atoms with Crippen molar-refractivity contribution in [3.8, 4) is 34.4 Å². The van der Waals surface area contributed by atoms with Crippen LogP contribution < -0.4 is 30.8 Å². The van der Waals surface area contributed by atoms with E-state index < -0.39 is 0 Å². The number of benzene rings is 8. The Morgan fingerprint density at radius 2 is 0.759 bits per heavy atom. The number of rotatable bonds is 3. The van der Waals surface area contributed by atoms with E-state index in [1.165, 1.54) is 60.0 Å². The minimum Gasteiger partial charge on any atom is -0.453 e. The van der Waals surface area contributed by atoms with Gasteiger partial charge >= 0.3 is 0 Å². The average Bonchev–Trinajstić information content (AvgIpc) is 3.74. The Labute approximate surface area is 310 Å². The van der Waals surface area contributed by atoms with Gasteiger partial charge in [-0.25, -0.2) is 0 Å². The first-order valence-electron chi connectivity index (χ1n) is 18.5. The van der Waals surface area contributed by atoms with Gasteiger partial charge in [0.1, 0.15) is 5.69 Å². The van der Waals surface area contributed by atoms with E-state index in [0.29, 0.717) is 0 Å². The van der Waals surface area contributed by atoms with Crippen molar-refractivity contribution in [3.63, 3.8) is 0 Å². The minimum absolute atomic E-state index is 0.106. The smallest absolute Gasteiger partial charge is 0.247 e. The largest absolute Gasteiger partial charge is 0.453 e. The van der Waals surface area contributed by atoms with Gasteiger partial charge in [-0.05, 0) is 59.5 Å². The van der Waals surface area contributed by atoms with Crippen LogP contribution in [0.5, 0.6) is 23.0 Å². The second kappa shape index (κ2) is 10.2. The standard InChI is InChI=1S/C48H28BN3O2/c1-2-13-29(14-3-1)49-36-25-30(50-38-19-8-4-15-32(38)33-16-5-9-20-39(33)50)27-44-46(36)52-47-37(49)26-31(28-45(47)54-43-24-12-23-42(53-44)48(43)52)51-40-21-10-6-17-34(40)35-18-7-11-22-41(35)51/h1-28H. The second-order valence-electron chi connectivity index (χ2n) is 14.5. The van der Waals surface area contributed by atoms with Crippen LogP contribution >= 0.6 is 0 Å². The molecule has 8 aromatic carbocycles. The molecule has 10 aromatic rings. The molecular weight excluding hydrogens is 661 g/mol. The third-order valence-electron chi connectivity index (χ3n) is 11.7. The maximum atomic E-state index is 6.94. The number of ether oxygens (including phenoxy) is 2. The third kappa shape index (κ3) is 3.59. The lowest BCUT2D eigenvalue weighted by atomic mass is 9.35. The fourth-order valence-corrected chi connectivity index (χ4v) is 9.59. The Hall–Kier alpha value is -7.18. The number of aromatic nitrogens is 2. The van der Waals surface area contributed by atoms with E-state index in [4.69, 9.17) is 9.47 Å². The van der Waals surface area contributed by atoms with Gasteiger partial charge in [-0.15, -0.1) is 0 Å². The van der Waals surface area contributed by atoms with Gasteiger partial charge in [-0.1, -0.05) is 115 Å². The molecule has 0 aliphatic carbocycles. The van der Waals surface area contributed by atoms with Gasteiger partial charge in [0.25, 0.3) is 0 Å². The lowest BCUT2D eigenvalue weighted by Gasteiger charge is -2.44. The predicted molar refractivity (Wildman–Crippen MR) is 221 cm³/mol. The van der Waals surface area contributed by atoms with Crippen LogP contribution in [0.3, 0.4) is 0 Å². The van der Waals surface area contributed by atoms with Crippen molar-refractivity contribution in [2.24, 2.45) is 0 Å². The Balaban J connectivity index is 1.16. The van der Waals surface area contributed by atoms with Crippen LogP contribution in [0.2, 0.25) is 0 Å². The highest BCUT2D eigenvalue weighted by Crippen LogP contribution is 2.60. The highest BCUT2D eigenvalue weighted by molar-refractivity contribution is 6.98. The molecule has 2 aromatic heterocycles. The van der Waals surface area contributed by atoms with Crippen LogP contribution in [-0.2, 0) is 0 Å². The van der Waals surface area contributed by atoms with Gasteiger partial charge in [-0.3, -0.25) is 4.90 Å². The Morgan fingerprint density at radius 3 is 1.20 bits per heavy atom. The molecule has 0 saturated heterocycles. The summed E-state index contributed by atoms with van der Waals surface area (Å²) in [5, 5.41) is 4.92. The van der Waals surface area contributed by atoms with E-state index in [1.54, 1.807) is 0 Å². The topological polar surface area (TPSA) is 31.6 Å². The number of hydrogen-bond acceptors (Lipinski definition) is 3. The molecule has 0 spiro atoms. The van der Waals surface area contributed by atoms with Crippen molar-refractivity contribution in [3.05, 3.63) is 170 Å². The first-order valence-corrected chi connectivity index (χ1v) is 18.5. The molecule has 0 N–H and O–H groups in total. The average molecular weight is 690 g/mol. The van der Waals surface area contributed by atoms with Crippen LogP contribution in [0.15, 0.2) is 170 Å². The SMILES string of the molecule is c1ccc(B2c3cc(-n4c5ccccc5c5ccccc54)cc4c3N3c5c(cccc5Oc5cc(-n6c7ccccc7c7ccccc76)cc2c53)O4)cc1. The number of nitrogens with zero attached hydrogens (tertiary/aromatic N) is 3. The molecule has 5 nitrogen and oxygen atoms in total. The fourth-order valence-electron chi connectivity index (χ4n) is 9.59. The molecule has 5 heterocycles. The molecule has 6 heteroatoms. The zero-order valence-corrected chi connectivity index (χ0v) is 28.9. The number of anilines is 3. The highest BCUT2D eigenvalue weighted by atomic mass is 16.5. The molecule has 3 aliphatic heterocycles. The lowest BCUT2D eigenvalue weighted by molar-refractivity contribution is 0.446. The Bertz CT molecular complexity index is 2950. The molecular formula is C48H28BN3O2. The van der Waals surface area contributed by atoms with Crippen LogP contribution in [0.4, 0.5) is 17.1 Å². The highest BCUT2D eigenvalue weighted by Gasteiger charge is 2.46. The molecule has 0 radical (unpaired) electrons. The van der Waals surface area contributed by atoms with E-state index in [-0.39, 0.29) is 6.71 Å². The summed E-state index contributed by atoms with van der Waals surface area (Å²) in [5.74, 6) is 3.23. The summed E-state index contributed by atoms with van der Waals surface area (Å²) in [6, 6.07) is 61.1. The molecule has 0 atom stereocenters. The molecule has 0 fully saturated rings. The molecule has 0 saturated carbocycles. The van der Waals surface area contributed by atoms with Crippen LogP contribution in [0.25, 0.3) is 55.0 Å². The quantitative estimate of drug-likeness (QED) is 0.173. The number of para-hydroxylation sites is 5. The van der Waals surface area contributed by atoms with E-state index in [0.717, 1.165) is 51.4 Å². The lowest BCUT2D eigenvalue weighted by Crippen LogP contribution is -2.58. The van der Waals surface area contributed by atoms with Crippen LogP contribution in [0.1, 0.15) is 0 Å². The van der Waals surface area contributed by atoms with Gasteiger partial charge in [0, 0.05) is 45.1 Å². The summed E-state index contributed by atoms with van der Waals surface area (Å²) in [7, 11) is 0.